The van der Waals surface area contributed by atoms with E-state index in [-0.39, 0.29) is 23.6 Å². The normalized spacial score (nSPS) is 16.9. The number of hydrogen-bond donors (Lipinski definition) is 3. The number of aliphatic hydroxyl groups is 1. The number of carbonyl (C=O) groups is 2. The second kappa shape index (κ2) is 9.73. The Balaban J connectivity index is 1.56. The van der Waals surface area contributed by atoms with Crippen LogP contribution in [0.2, 0.25) is 0 Å². The Morgan fingerprint density at radius 2 is 1.70 bits per heavy atom. The van der Waals surface area contributed by atoms with Crippen LogP contribution in [0, 0.1) is 0 Å². The average molecular weight is 499 g/mol. The molecule has 1 saturated heterocycles. The Bertz CT molecular complexity index is 1520. The third kappa shape index (κ3) is 4.38. The van der Waals surface area contributed by atoms with E-state index >= 15 is 0 Å². The molecule has 1 atom stereocenters. The summed E-state index contributed by atoms with van der Waals surface area (Å²) in [5.74, 6) is -0.458. The van der Waals surface area contributed by atoms with Gasteiger partial charge in [0.15, 0.2) is 0 Å². The Labute approximate surface area is 213 Å². The molecule has 0 spiro atoms. The molecule has 1 aromatic heterocycles. The third-order valence-corrected chi connectivity index (χ3v) is 6.69. The van der Waals surface area contributed by atoms with Gasteiger partial charge in [-0.3, -0.25) is 9.59 Å². The van der Waals surface area contributed by atoms with Crippen molar-refractivity contribution in [1.29, 1.82) is 0 Å². The molecular formula is C29H26N2O6. The van der Waals surface area contributed by atoms with Crippen LogP contribution in [0.1, 0.15) is 22.7 Å². The van der Waals surface area contributed by atoms with Gasteiger partial charge in [0.25, 0.3) is 11.7 Å². The van der Waals surface area contributed by atoms with Crippen molar-refractivity contribution in [3.8, 4) is 17.2 Å². The summed E-state index contributed by atoms with van der Waals surface area (Å²) in [6.07, 6.45) is 2.35. The SMILES string of the molecule is COc1cccc(C(O)=C2C(=O)C(=O)N(CCc3c[nH]c4ccc(OC)cc34)[C@H]2c2ccc(O)cc2)c1. The fraction of sp³-hybridized carbons (Fsp3) is 0.172. The molecule has 2 heterocycles. The van der Waals surface area contributed by atoms with Crippen LogP contribution in [0.5, 0.6) is 17.2 Å². The lowest BCUT2D eigenvalue weighted by atomic mass is 9.95. The van der Waals surface area contributed by atoms with E-state index in [4.69, 9.17) is 9.47 Å². The number of fused-ring (bicyclic) bond motifs is 1. The highest BCUT2D eigenvalue weighted by atomic mass is 16.5. The number of ether oxygens (including phenoxy) is 2. The van der Waals surface area contributed by atoms with Gasteiger partial charge < -0.3 is 29.6 Å². The highest BCUT2D eigenvalue weighted by Gasteiger charge is 2.45. The monoisotopic (exact) mass is 498 g/mol. The van der Waals surface area contributed by atoms with Crippen molar-refractivity contribution in [2.45, 2.75) is 12.5 Å². The van der Waals surface area contributed by atoms with Gasteiger partial charge in [-0.2, -0.15) is 0 Å². The highest BCUT2D eigenvalue weighted by Crippen LogP contribution is 2.40. The minimum absolute atomic E-state index is 0.00969. The zero-order chi connectivity index (χ0) is 26.1. The number of aromatic nitrogens is 1. The number of nitrogens with zero attached hydrogens (tertiary/aromatic N) is 1. The Morgan fingerprint density at radius 3 is 2.43 bits per heavy atom. The number of nitrogens with one attached hydrogen (secondary N) is 1. The van der Waals surface area contributed by atoms with Crippen LogP contribution in [0.25, 0.3) is 16.7 Å². The lowest BCUT2D eigenvalue weighted by Gasteiger charge is -2.25. The van der Waals surface area contributed by atoms with Crippen LogP contribution >= 0.6 is 0 Å². The van der Waals surface area contributed by atoms with E-state index < -0.39 is 17.7 Å². The van der Waals surface area contributed by atoms with Crippen LogP contribution in [-0.2, 0) is 16.0 Å². The summed E-state index contributed by atoms with van der Waals surface area (Å²) in [5.41, 5.74) is 2.86. The number of likely N-dealkylation sites (tertiary alicyclic amines) is 1. The molecule has 37 heavy (non-hydrogen) atoms. The fourth-order valence-electron chi connectivity index (χ4n) is 4.77. The van der Waals surface area contributed by atoms with Gasteiger partial charge in [-0.05, 0) is 60.0 Å². The molecule has 8 heteroatoms. The van der Waals surface area contributed by atoms with Crippen molar-refractivity contribution >= 4 is 28.4 Å². The molecule has 1 aliphatic heterocycles. The van der Waals surface area contributed by atoms with Crippen LogP contribution < -0.4 is 9.47 Å². The molecule has 0 unspecified atom stereocenters. The summed E-state index contributed by atoms with van der Waals surface area (Å²) < 4.78 is 10.6. The van der Waals surface area contributed by atoms with Gasteiger partial charge in [0, 0.05) is 29.2 Å². The molecule has 1 aliphatic rings. The Hall–Kier alpha value is -4.72. The number of hydrogen-bond acceptors (Lipinski definition) is 6. The van der Waals surface area contributed by atoms with Gasteiger partial charge in [-0.1, -0.05) is 24.3 Å². The summed E-state index contributed by atoms with van der Waals surface area (Å²) in [6.45, 7) is 0.231. The molecule has 1 fully saturated rings. The first-order valence-electron chi connectivity index (χ1n) is 11.8. The Kier molecular flexibility index (Phi) is 6.31. The molecule has 0 saturated carbocycles. The number of benzene rings is 3. The quantitative estimate of drug-likeness (QED) is 0.196. The van der Waals surface area contributed by atoms with Gasteiger partial charge in [-0.25, -0.2) is 0 Å². The van der Waals surface area contributed by atoms with Crippen molar-refractivity contribution in [2.75, 3.05) is 20.8 Å². The molecule has 1 amide bonds. The van der Waals surface area contributed by atoms with Crippen LogP contribution in [0.3, 0.4) is 0 Å². The van der Waals surface area contributed by atoms with Gasteiger partial charge in [0.1, 0.15) is 23.0 Å². The molecule has 3 N–H and O–H groups in total. The molecule has 0 aliphatic carbocycles. The first kappa shape index (κ1) is 24.0. The van der Waals surface area contributed by atoms with Crippen molar-refractivity contribution in [2.24, 2.45) is 0 Å². The maximum Gasteiger partial charge on any atom is 0.295 e. The largest absolute Gasteiger partial charge is 0.508 e. The highest BCUT2D eigenvalue weighted by molar-refractivity contribution is 6.46. The molecule has 0 bridgehead atoms. The van der Waals surface area contributed by atoms with Crippen LogP contribution in [0.4, 0.5) is 0 Å². The third-order valence-electron chi connectivity index (χ3n) is 6.69. The molecule has 0 radical (unpaired) electrons. The molecule has 5 rings (SSSR count). The standard InChI is InChI=1S/C29H26N2O6/c1-36-21-5-3-4-18(14-21)27(33)25-26(17-6-8-20(32)9-7-17)31(29(35)28(25)34)13-12-19-16-30-24-11-10-22(37-2)15-23(19)24/h3-11,14-16,26,30,32-33H,12-13H2,1-2H3/t26-/m0/s1. The van der Waals surface area contributed by atoms with Crippen LogP contribution in [-0.4, -0.2) is 52.6 Å². The van der Waals surface area contributed by atoms with Crippen molar-refractivity contribution in [1.82, 2.24) is 9.88 Å². The Morgan fingerprint density at radius 1 is 0.973 bits per heavy atom. The predicted molar refractivity (Wildman–Crippen MR) is 139 cm³/mol. The van der Waals surface area contributed by atoms with Gasteiger partial charge >= 0.3 is 0 Å². The summed E-state index contributed by atoms with van der Waals surface area (Å²) in [6, 6.07) is 17.9. The number of rotatable bonds is 7. The smallest absolute Gasteiger partial charge is 0.295 e. The van der Waals surface area contributed by atoms with E-state index in [0.717, 1.165) is 22.2 Å². The van der Waals surface area contributed by atoms with Gasteiger partial charge in [0.05, 0.1) is 25.8 Å². The van der Waals surface area contributed by atoms with Gasteiger partial charge in [-0.15, -0.1) is 0 Å². The molecule has 188 valence electrons. The molecule has 4 aromatic rings. The summed E-state index contributed by atoms with van der Waals surface area (Å²) in [4.78, 5) is 31.3. The molecule has 3 aromatic carbocycles. The summed E-state index contributed by atoms with van der Waals surface area (Å²) >= 11 is 0. The van der Waals surface area contributed by atoms with E-state index in [0.29, 0.717) is 23.3 Å². The lowest BCUT2D eigenvalue weighted by molar-refractivity contribution is -0.139. The number of aliphatic hydroxyl groups excluding tert-OH is 1. The maximum atomic E-state index is 13.3. The summed E-state index contributed by atoms with van der Waals surface area (Å²) in [5, 5.41) is 22.0. The first-order valence-corrected chi connectivity index (χ1v) is 11.8. The second-order valence-corrected chi connectivity index (χ2v) is 8.79. The number of amides is 1. The molecular weight excluding hydrogens is 472 g/mol. The zero-order valence-electron chi connectivity index (χ0n) is 20.4. The number of ketones is 1. The number of carbonyl (C=O) groups excluding carboxylic acids is 2. The molecule has 8 nitrogen and oxygen atoms in total. The average Bonchev–Trinajstić information content (AvgIpc) is 3.44. The van der Waals surface area contributed by atoms with Crippen LogP contribution in [0.15, 0.2) is 78.5 Å². The number of aromatic amines is 1. The van der Waals surface area contributed by atoms with E-state index in [2.05, 4.69) is 4.98 Å². The van der Waals surface area contributed by atoms with Crippen molar-refractivity contribution in [3.05, 3.63) is 95.2 Å². The lowest BCUT2D eigenvalue weighted by Crippen LogP contribution is -2.31. The van der Waals surface area contributed by atoms with Gasteiger partial charge in [0.2, 0.25) is 0 Å². The number of Topliss-reactive ketones (excluding diaryl/α,β-unsaturated/α-hetero) is 1. The minimum Gasteiger partial charge on any atom is -0.508 e. The van der Waals surface area contributed by atoms with E-state index in [1.54, 1.807) is 43.5 Å². The van der Waals surface area contributed by atoms with E-state index in [9.17, 15) is 19.8 Å². The predicted octanol–water partition coefficient (Wildman–Crippen LogP) is 4.56. The fourth-order valence-corrected chi connectivity index (χ4v) is 4.77. The number of phenols is 1. The first-order chi connectivity index (χ1) is 17.9. The van der Waals surface area contributed by atoms with E-state index in [1.807, 2.05) is 24.4 Å². The second-order valence-electron chi connectivity index (χ2n) is 8.79. The van der Waals surface area contributed by atoms with Crippen molar-refractivity contribution in [3.63, 3.8) is 0 Å². The van der Waals surface area contributed by atoms with Crippen molar-refractivity contribution < 1.29 is 29.3 Å². The number of phenolic OH excluding ortho intramolecular Hbond substituents is 1. The number of methoxy groups -OCH3 is 2. The zero-order valence-corrected chi connectivity index (χ0v) is 20.4. The number of H-pyrrole nitrogens is 1. The maximum absolute atomic E-state index is 13.3. The minimum atomic E-state index is -0.827. The summed E-state index contributed by atoms with van der Waals surface area (Å²) in [7, 11) is 3.11. The van der Waals surface area contributed by atoms with E-state index in [1.165, 1.54) is 24.1 Å². The number of aromatic hydroxyl groups is 1. The topological polar surface area (TPSA) is 112 Å².